The molecule has 3 aromatic carbocycles. The summed E-state index contributed by atoms with van der Waals surface area (Å²) in [6.45, 7) is 4.66. The topological polar surface area (TPSA) is 86.8 Å². The standard InChI is InChI=1S/C27H28Cl3N3O4S/c1-18(2)31-27(35)19(3)32(16-20-8-7-9-21(28)14-20)26(34)17-33(22-12-13-24(29)25(30)15-22)38(36,37)23-10-5-4-6-11-23/h4-15,18-19H,16-17H2,1-3H3,(H,31,35)/t19-/m1/s1. The van der Waals surface area contributed by atoms with Crippen LogP contribution in [0.4, 0.5) is 5.69 Å². The predicted molar refractivity (Wildman–Crippen MR) is 152 cm³/mol. The van der Waals surface area contributed by atoms with Crippen LogP contribution in [0.5, 0.6) is 0 Å². The molecule has 1 atom stereocenters. The number of hydrogen-bond donors (Lipinski definition) is 1. The minimum Gasteiger partial charge on any atom is -0.352 e. The van der Waals surface area contributed by atoms with Crippen molar-refractivity contribution >= 4 is 62.3 Å². The van der Waals surface area contributed by atoms with Crippen molar-refractivity contribution < 1.29 is 18.0 Å². The largest absolute Gasteiger partial charge is 0.352 e. The second kappa shape index (κ2) is 12.8. The smallest absolute Gasteiger partial charge is 0.264 e. The van der Waals surface area contributed by atoms with Gasteiger partial charge in [0.25, 0.3) is 10.0 Å². The first-order chi connectivity index (χ1) is 17.9. The molecular weight excluding hydrogens is 569 g/mol. The first-order valence-electron chi connectivity index (χ1n) is 11.8. The lowest BCUT2D eigenvalue weighted by molar-refractivity contribution is -0.139. The molecule has 11 heteroatoms. The van der Waals surface area contributed by atoms with E-state index < -0.39 is 28.5 Å². The lowest BCUT2D eigenvalue weighted by atomic mass is 10.1. The summed E-state index contributed by atoms with van der Waals surface area (Å²) in [6, 6.07) is 17.9. The van der Waals surface area contributed by atoms with E-state index in [1.807, 2.05) is 13.8 Å². The molecule has 0 fully saturated rings. The van der Waals surface area contributed by atoms with Crippen molar-refractivity contribution in [2.24, 2.45) is 0 Å². The van der Waals surface area contributed by atoms with Gasteiger partial charge in [0.1, 0.15) is 12.6 Å². The van der Waals surface area contributed by atoms with Crippen LogP contribution in [-0.4, -0.2) is 43.8 Å². The molecule has 0 saturated carbocycles. The number of nitrogens with one attached hydrogen (secondary N) is 1. The molecule has 0 aromatic heterocycles. The van der Waals surface area contributed by atoms with Gasteiger partial charge < -0.3 is 10.2 Å². The Morgan fingerprint density at radius 2 is 1.55 bits per heavy atom. The third-order valence-corrected chi connectivity index (χ3v) is 8.40. The third kappa shape index (κ3) is 7.41. The molecule has 202 valence electrons. The number of anilines is 1. The minimum atomic E-state index is -4.19. The molecule has 0 unspecified atom stereocenters. The van der Waals surface area contributed by atoms with E-state index in [2.05, 4.69) is 5.32 Å². The summed E-state index contributed by atoms with van der Waals surface area (Å²) in [6.07, 6.45) is 0. The van der Waals surface area contributed by atoms with Gasteiger partial charge in [-0.2, -0.15) is 0 Å². The van der Waals surface area contributed by atoms with Gasteiger partial charge in [-0.1, -0.05) is 65.1 Å². The van der Waals surface area contributed by atoms with E-state index in [1.54, 1.807) is 49.4 Å². The molecule has 2 amide bonds. The van der Waals surface area contributed by atoms with Gasteiger partial charge in [0.15, 0.2) is 0 Å². The molecular formula is C27H28Cl3N3O4S. The van der Waals surface area contributed by atoms with E-state index in [1.165, 1.54) is 35.2 Å². The molecule has 7 nitrogen and oxygen atoms in total. The van der Waals surface area contributed by atoms with Crippen molar-refractivity contribution in [1.29, 1.82) is 0 Å². The zero-order valence-electron chi connectivity index (χ0n) is 21.1. The van der Waals surface area contributed by atoms with Crippen molar-refractivity contribution in [3.63, 3.8) is 0 Å². The van der Waals surface area contributed by atoms with Gasteiger partial charge in [0, 0.05) is 17.6 Å². The fourth-order valence-electron chi connectivity index (χ4n) is 3.71. The van der Waals surface area contributed by atoms with Crippen LogP contribution in [0.15, 0.2) is 77.7 Å². The summed E-state index contributed by atoms with van der Waals surface area (Å²) in [4.78, 5) is 28.1. The molecule has 3 aromatic rings. The Hall–Kier alpha value is -2.78. The van der Waals surface area contributed by atoms with Crippen LogP contribution in [-0.2, 0) is 26.2 Å². The summed E-state index contributed by atoms with van der Waals surface area (Å²) in [5.41, 5.74) is 0.834. The number of hydrogen-bond acceptors (Lipinski definition) is 4. The molecule has 0 aliphatic heterocycles. The molecule has 0 heterocycles. The first kappa shape index (κ1) is 29.8. The van der Waals surface area contributed by atoms with Crippen LogP contribution >= 0.6 is 34.8 Å². The molecule has 0 aliphatic rings. The molecule has 0 aliphatic carbocycles. The Labute approximate surface area is 238 Å². The summed E-state index contributed by atoms with van der Waals surface area (Å²) >= 11 is 18.4. The van der Waals surface area contributed by atoms with Crippen LogP contribution in [0.3, 0.4) is 0 Å². The average molecular weight is 597 g/mol. The van der Waals surface area contributed by atoms with Gasteiger partial charge >= 0.3 is 0 Å². The Kier molecular flexibility index (Phi) is 10.1. The summed E-state index contributed by atoms with van der Waals surface area (Å²) in [7, 11) is -4.19. The van der Waals surface area contributed by atoms with E-state index in [0.29, 0.717) is 10.6 Å². The minimum absolute atomic E-state index is 0.00846. The maximum atomic E-state index is 13.8. The first-order valence-corrected chi connectivity index (χ1v) is 14.3. The Bertz CT molecular complexity index is 1400. The second-order valence-electron chi connectivity index (χ2n) is 8.91. The summed E-state index contributed by atoms with van der Waals surface area (Å²) in [5, 5.41) is 3.64. The van der Waals surface area contributed by atoms with Crippen molar-refractivity contribution in [2.45, 2.75) is 44.3 Å². The lowest BCUT2D eigenvalue weighted by Gasteiger charge is -2.32. The zero-order chi connectivity index (χ0) is 28.0. The Morgan fingerprint density at radius 1 is 0.868 bits per heavy atom. The van der Waals surface area contributed by atoms with E-state index in [0.717, 1.165) is 4.31 Å². The summed E-state index contributed by atoms with van der Waals surface area (Å²) in [5.74, 6) is -0.968. The van der Waals surface area contributed by atoms with Crippen LogP contribution in [0.2, 0.25) is 15.1 Å². The van der Waals surface area contributed by atoms with Gasteiger partial charge in [0.2, 0.25) is 11.8 Å². The van der Waals surface area contributed by atoms with E-state index in [9.17, 15) is 18.0 Å². The van der Waals surface area contributed by atoms with Gasteiger partial charge in [-0.3, -0.25) is 13.9 Å². The van der Waals surface area contributed by atoms with Gasteiger partial charge in [-0.25, -0.2) is 8.42 Å². The molecule has 0 radical (unpaired) electrons. The van der Waals surface area contributed by atoms with E-state index in [-0.39, 0.29) is 39.1 Å². The van der Waals surface area contributed by atoms with Crippen LogP contribution in [0.25, 0.3) is 0 Å². The maximum Gasteiger partial charge on any atom is 0.264 e. The highest BCUT2D eigenvalue weighted by Gasteiger charge is 2.32. The average Bonchev–Trinajstić information content (AvgIpc) is 2.87. The van der Waals surface area contributed by atoms with Crippen LogP contribution < -0.4 is 9.62 Å². The summed E-state index contributed by atoms with van der Waals surface area (Å²) < 4.78 is 28.4. The van der Waals surface area contributed by atoms with E-state index >= 15 is 0 Å². The number of nitrogens with zero attached hydrogens (tertiary/aromatic N) is 2. The molecule has 0 spiro atoms. The Morgan fingerprint density at radius 3 is 2.16 bits per heavy atom. The molecule has 38 heavy (non-hydrogen) atoms. The molecule has 1 N–H and O–H groups in total. The number of rotatable bonds is 10. The number of halogens is 3. The number of carbonyl (C=O) groups is 2. The molecule has 0 saturated heterocycles. The van der Waals surface area contributed by atoms with Crippen molar-refractivity contribution in [2.75, 3.05) is 10.8 Å². The fraction of sp³-hybridized carbons (Fsp3) is 0.259. The van der Waals surface area contributed by atoms with Crippen molar-refractivity contribution in [1.82, 2.24) is 10.2 Å². The fourth-order valence-corrected chi connectivity index (χ4v) is 5.64. The zero-order valence-corrected chi connectivity index (χ0v) is 24.2. The van der Waals surface area contributed by atoms with Crippen molar-refractivity contribution in [3.8, 4) is 0 Å². The monoisotopic (exact) mass is 595 g/mol. The maximum absolute atomic E-state index is 13.8. The quantitative estimate of drug-likeness (QED) is 0.321. The molecule has 0 bridgehead atoms. The third-order valence-electron chi connectivity index (χ3n) is 5.64. The van der Waals surface area contributed by atoms with Gasteiger partial charge in [-0.15, -0.1) is 0 Å². The number of carbonyl (C=O) groups excluding carboxylic acids is 2. The van der Waals surface area contributed by atoms with Crippen LogP contribution in [0.1, 0.15) is 26.3 Å². The highest BCUT2D eigenvalue weighted by molar-refractivity contribution is 7.92. The SMILES string of the molecule is CC(C)NC(=O)[C@@H](C)N(Cc1cccc(Cl)c1)C(=O)CN(c1ccc(Cl)c(Cl)c1)S(=O)(=O)c1ccccc1. The van der Waals surface area contributed by atoms with Gasteiger partial charge in [0.05, 0.1) is 20.6 Å². The Balaban J connectivity index is 2.05. The molecule has 3 rings (SSSR count). The van der Waals surface area contributed by atoms with Gasteiger partial charge in [-0.05, 0) is 68.8 Å². The van der Waals surface area contributed by atoms with Crippen molar-refractivity contribution in [3.05, 3.63) is 93.4 Å². The highest BCUT2D eigenvalue weighted by atomic mass is 35.5. The number of sulfonamides is 1. The van der Waals surface area contributed by atoms with Crippen LogP contribution in [0, 0.1) is 0 Å². The lowest BCUT2D eigenvalue weighted by Crippen LogP contribution is -2.52. The number of benzene rings is 3. The second-order valence-corrected chi connectivity index (χ2v) is 12.0. The normalized spacial score (nSPS) is 12.2. The van der Waals surface area contributed by atoms with E-state index in [4.69, 9.17) is 34.8 Å². The predicted octanol–water partition coefficient (Wildman–Crippen LogP) is 5.78. The number of amides is 2. The highest BCUT2D eigenvalue weighted by Crippen LogP contribution is 2.31.